The second-order valence-corrected chi connectivity index (χ2v) is 7.20. The fraction of sp³-hybridized carbons (Fsp3) is 0.100. The van der Waals surface area contributed by atoms with E-state index >= 15 is 0 Å². The topological polar surface area (TPSA) is 85.4 Å². The number of carbonyl (C=O) groups is 3. The smallest absolute Gasteiger partial charge is 0.350 e. The zero-order chi connectivity index (χ0) is 20.1. The molecule has 8 heteroatoms. The van der Waals surface area contributed by atoms with Crippen LogP contribution in [-0.2, 0) is 9.53 Å². The number of halogens is 1. The molecule has 0 aliphatic carbocycles. The molecule has 0 saturated heterocycles. The van der Waals surface area contributed by atoms with E-state index in [4.69, 9.17) is 16.3 Å². The lowest BCUT2D eigenvalue weighted by molar-refractivity contribution is -0.123. The number of aromatic nitrogens is 1. The maximum absolute atomic E-state index is 12.3. The highest BCUT2D eigenvalue weighted by Crippen LogP contribution is 2.29. The Hall–Kier alpha value is -3.03. The number of nitrogens with zero attached hydrogens (tertiary/aromatic N) is 1. The average Bonchev–Trinajstić information content (AvgIpc) is 3.08. The van der Waals surface area contributed by atoms with Gasteiger partial charge in [0, 0.05) is 16.1 Å². The van der Waals surface area contributed by atoms with Crippen molar-refractivity contribution in [3.8, 4) is 10.6 Å². The highest BCUT2D eigenvalue weighted by molar-refractivity contribution is 7.17. The van der Waals surface area contributed by atoms with Crippen molar-refractivity contribution in [1.82, 2.24) is 10.3 Å². The third kappa shape index (κ3) is 4.82. The van der Waals surface area contributed by atoms with E-state index in [0.717, 1.165) is 16.9 Å². The molecule has 2 amide bonds. The molecule has 0 saturated carbocycles. The van der Waals surface area contributed by atoms with Crippen LogP contribution in [0.2, 0.25) is 5.02 Å². The van der Waals surface area contributed by atoms with E-state index in [9.17, 15) is 14.4 Å². The first-order valence-electron chi connectivity index (χ1n) is 8.24. The molecule has 0 aliphatic rings. The Morgan fingerprint density at radius 1 is 1.11 bits per heavy atom. The molecule has 2 aromatic carbocycles. The lowest BCUT2D eigenvalue weighted by atomic mass is 10.2. The van der Waals surface area contributed by atoms with Gasteiger partial charge in [-0.1, -0.05) is 41.9 Å². The van der Waals surface area contributed by atoms with Crippen LogP contribution in [0.3, 0.4) is 0 Å². The van der Waals surface area contributed by atoms with Gasteiger partial charge in [-0.3, -0.25) is 14.9 Å². The van der Waals surface area contributed by atoms with Gasteiger partial charge in [-0.25, -0.2) is 9.78 Å². The SMILES string of the molecule is Cc1nc(-c2cccc(Cl)c2)sc1C(=O)OCC(=O)NC(=O)c1ccccc1. The molecule has 1 aromatic heterocycles. The summed E-state index contributed by atoms with van der Waals surface area (Å²) in [6.07, 6.45) is 0. The van der Waals surface area contributed by atoms with Gasteiger partial charge in [0.25, 0.3) is 11.8 Å². The molecule has 1 N–H and O–H groups in total. The second kappa shape index (κ2) is 8.77. The van der Waals surface area contributed by atoms with Crippen LogP contribution in [0.5, 0.6) is 0 Å². The van der Waals surface area contributed by atoms with Crippen LogP contribution >= 0.6 is 22.9 Å². The summed E-state index contributed by atoms with van der Waals surface area (Å²) in [4.78, 5) is 40.7. The first-order valence-corrected chi connectivity index (χ1v) is 9.43. The van der Waals surface area contributed by atoms with E-state index < -0.39 is 24.4 Å². The number of rotatable bonds is 5. The van der Waals surface area contributed by atoms with Gasteiger partial charge < -0.3 is 4.74 Å². The van der Waals surface area contributed by atoms with E-state index in [-0.39, 0.29) is 4.88 Å². The summed E-state index contributed by atoms with van der Waals surface area (Å²) < 4.78 is 5.02. The number of ether oxygens (including phenoxy) is 1. The van der Waals surface area contributed by atoms with Crippen molar-refractivity contribution in [3.63, 3.8) is 0 Å². The van der Waals surface area contributed by atoms with Crippen molar-refractivity contribution in [1.29, 1.82) is 0 Å². The fourth-order valence-corrected chi connectivity index (χ4v) is 3.50. The van der Waals surface area contributed by atoms with Gasteiger partial charge >= 0.3 is 5.97 Å². The molecule has 142 valence electrons. The van der Waals surface area contributed by atoms with Crippen molar-refractivity contribution >= 4 is 40.7 Å². The highest BCUT2D eigenvalue weighted by atomic mass is 35.5. The predicted octanol–water partition coefficient (Wildman–Crippen LogP) is 3.89. The minimum absolute atomic E-state index is 0.289. The van der Waals surface area contributed by atoms with Crippen LogP contribution in [0.1, 0.15) is 25.7 Å². The number of amides is 2. The van der Waals surface area contributed by atoms with Crippen molar-refractivity contribution in [2.75, 3.05) is 6.61 Å². The summed E-state index contributed by atoms with van der Waals surface area (Å²) in [6, 6.07) is 15.4. The number of thiazole rings is 1. The van der Waals surface area contributed by atoms with E-state index in [2.05, 4.69) is 10.3 Å². The zero-order valence-corrected chi connectivity index (χ0v) is 16.3. The lowest BCUT2D eigenvalue weighted by Crippen LogP contribution is -2.34. The minimum atomic E-state index is -0.709. The van der Waals surface area contributed by atoms with Gasteiger partial charge in [-0.15, -0.1) is 11.3 Å². The number of hydrogen-bond acceptors (Lipinski definition) is 6. The maximum atomic E-state index is 12.3. The number of aryl methyl sites for hydroxylation is 1. The molecular weight excluding hydrogens is 400 g/mol. The molecule has 0 bridgehead atoms. The first kappa shape index (κ1) is 19.7. The van der Waals surface area contributed by atoms with E-state index in [1.165, 1.54) is 0 Å². The minimum Gasteiger partial charge on any atom is -0.451 e. The molecule has 0 radical (unpaired) electrons. The van der Waals surface area contributed by atoms with Gasteiger partial charge in [0.1, 0.15) is 9.88 Å². The van der Waals surface area contributed by atoms with E-state index in [0.29, 0.717) is 21.3 Å². The quantitative estimate of drug-likeness (QED) is 0.640. The fourth-order valence-electron chi connectivity index (χ4n) is 2.35. The number of nitrogens with one attached hydrogen (secondary N) is 1. The number of benzene rings is 2. The average molecular weight is 415 g/mol. The first-order chi connectivity index (χ1) is 13.4. The Bertz CT molecular complexity index is 1030. The molecule has 28 heavy (non-hydrogen) atoms. The van der Waals surface area contributed by atoms with Gasteiger partial charge in [0.15, 0.2) is 6.61 Å². The van der Waals surface area contributed by atoms with E-state index in [1.54, 1.807) is 55.5 Å². The summed E-state index contributed by atoms with van der Waals surface area (Å²) in [7, 11) is 0. The van der Waals surface area contributed by atoms with Crippen LogP contribution in [0.4, 0.5) is 0 Å². The Morgan fingerprint density at radius 3 is 2.57 bits per heavy atom. The molecule has 3 aromatic rings. The molecule has 1 heterocycles. The molecule has 0 aliphatic heterocycles. The van der Waals surface area contributed by atoms with Crippen molar-refractivity contribution < 1.29 is 19.1 Å². The molecule has 0 fully saturated rings. The summed E-state index contributed by atoms with van der Waals surface area (Å²) in [5.74, 6) is -1.94. The molecule has 3 rings (SSSR count). The number of esters is 1. The van der Waals surface area contributed by atoms with Crippen LogP contribution < -0.4 is 5.32 Å². The summed E-state index contributed by atoms with van der Waals surface area (Å²) in [5, 5.41) is 3.36. The molecule has 0 atom stereocenters. The van der Waals surface area contributed by atoms with Crippen LogP contribution in [0.25, 0.3) is 10.6 Å². The summed E-state index contributed by atoms with van der Waals surface area (Å²) in [5.41, 5.74) is 1.61. The summed E-state index contributed by atoms with van der Waals surface area (Å²) in [6.45, 7) is 1.11. The zero-order valence-electron chi connectivity index (χ0n) is 14.8. The standard InChI is InChI=1S/C20H15ClN2O4S/c1-12-17(28-19(22-12)14-8-5-9-15(21)10-14)20(26)27-11-16(24)23-18(25)13-6-3-2-4-7-13/h2-10H,11H2,1H3,(H,23,24,25). The monoisotopic (exact) mass is 414 g/mol. The summed E-state index contributed by atoms with van der Waals surface area (Å²) >= 11 is 7.14. The van der Waals surface area contributed by atoms with Crippen LogP contribution in [0, 0.1) is 6.92 Å². The Labute approximate surface area is 170 Å². The normalized spacial score (nSPS) is 10.4. The molecule has 6 nitrogen and oxygen atoms in total. The maximum Gasteiger partial charge on any atom is 0.350 e. The molecule has 0 spiro atoms. The molecule has 0 unspecified atom stereocenters. The third-order valence-electron chi connectivity index (χ3n) is 3.68. The van der Waals surface area contributed by atoms with Crippen molar-refractivity contribution in [3.05, 3.63) is 75.8 Å². The second-order valence-electron chi connectivity index (χ2n) is 5.76. The number of imide groups is 1. The Kier molecular flexibility index (Phi) is 6.18. The van der Waals surface area contributed by atoms with Gasteiger partial charge in [-0.05, 0) is 31.2 Å². The van der Waals surface area contributed by atoms with Crippen LogP contribution in [0.15, 0.2) is 54.6 Å². The number of hydrogen-bond donors (Lipinski definition) is 1. The van der Waals surface area contributed by atoms with Crippen molar-refractivity contribution in [2.45, 2.75) is 6.92 Å². The van der Waals surface area contributed by atoms with Gasteiger partial charge in [0.2, 0.25) is 0 Å². The van der Waals surface area contributed by atoms with E-state index in [1.807, 2.05) is 6.07 Å². The van der Waals surface area contributed by atoms with Gasteiger partial charge in [-0.2, -0.15) is 0 Å². The lowest BCUT2D eigenvalue weighted by Gasteiger charge is -2.05. The third-order valence-corrected chi connectivity index (χ3v) is 5.10. The largest absolute Gasteiger partial charge is 0.451 e. The number of carbonyl (C=O) groups excluding carboxylic acids is 3. The van der Waals surface area contributed by atoms with Gasteiger partial charge in [0.05, 0.1) is 5.69 Å². The predicted molar refractivity (Wildman–Crippen MR) is 106 cm³/mol. The molecular formula is C20H15ClN2O4S. The highest BCUT2D eigenvalue weighted by Gasteiger charge is 2.19. The van der Waals surface area contributed by atoms with Crippen molar-refractivity contribution in [2.24, 2.45) is 0 Å². The van der Waals surface area contributed by atoms with Crippen LogP contribution in [-0.4, -0.2) is 29.4 Å². The Balaban J connectivity index is 1.60. The Morgan fingerprint density at radius 2 is 1.86 bits per heavy atom.